The third kappa shape index (κ3) is 3.38. The summed E-state index contributed by atoms with van der Waals surface area (Å²) in [6, 6.07) is 8.89. The third-order valence-corrected chi connectivity index (χ3v) is 2.85. The fourth-order valence-corrected chi connectivity index (χ4v) is 1.86. The number of rotatable bonds is 5. The number of aryl methyl sites for hydroxylation is 2. The number of benzene rings is 1. The summed E-state index contributed by atoms with van der Waals surface area (Å²) in [7, 11) is 1.88. The van der Waals surface area contributed by atoms with Crippen LogP contribution in [0.5, 0.6) is 5.75 Å². The number of aromatic nitrogens is 2. The van der Waals surface area contributed by atoms with E-state index in [0.717, 1.165) is 11.4 Å². The van der Waals surface area contributed by atoms with Crippen LogP contribution in [-0.2, 0) is 18.4 Å². The maximum Gasteiger partial charge on any atom is 0.338 e. The Morgan fingerprint density at radius 3 is 2.55 bits per heavy atom. The highest BCUT2D eigenvalue weighted by atomic mass is 16.5. The van der Waals surface area contributed by atoms with Gasteiger partial charge >= 0.3 is 5.97 Å². The van der Waals surface area contributed by atoms with Gasteiger partial charge in [0.1, 0.15) is 12.4 Å². The van der Waals surface area contributed by atoms with Gasteiger partial charge < -0.3 is 9.47 Å². The summed E-state index contributed by atoms with van der Waals surface area (Å²) in [5.74, 6) is 0.387. The smallest absolute Gasteiger partial charge is 0.338 e. The van der Waals surface area contributed by atoms with E-state index in [-0.39, 0.29) is 5.97 Å². The highest BCUT2D eigenvalue weighted by molar-refractivity contribution is 5.89. The molecule has 20 heavy (non-hydrogen) atoms. The molecule has 0 fully saturated rings. The van der Waals surface area contributed by atoms with Crippen molar-refractivity contribution in [3.63, 3.8) is 0 Å². The van der Waals surface area contributed by atoms with Crippen LogP contribution in [0.1, 0.15) is 28.7 Å². The maximum atomic E-state index is 11.5. The van der Waals surface area contributed by atoms with Crippen molar-refractivity contribution in [3.05, 3.63) is 47.3 Å². The predicted molar refractivity (Wildman–Crippen MR) is 74.7 cm³/mol. The summed E-state index contributed by atoms with van der Waals surface area (Å²) < 4.78 is 12.4. The molecule has 0 radical (unpaired) electrons. The quantitative estimate of drug-likeness (QED) is 0.786. The second-order valence-corrected chi connectivity index (χ2v) is 4.43. The molecule has 5 heteroatoms. The Labute approximate surface area is 118 Å². The first-order valence-corrected chi connectivity index (χ1v) is 6.49. The molecule has 0 unspecified atom stereocenters. The number of hydrogen-bond donors (Lipinski definition) is 0. The van der Waals surface area contributed by atoms with Crippen molar-refractivity contribution in [3.8, 4) is 5.75 Å². The van der Waals surface area contributed by atoms with Crippen LogP contribution in [0.2, 0.25) is 0 Å². The van der Waals surface area contributed by atoms with Crippen LogP contribution < -0.4 is 4.74 Å². The lowest BCUT2D eigenvalue weighted by molar-refractivity contribution is 0.0526. The fourth-order valence-electron chi connectivity index (χ4n) is 1.86. The summed E-state index contributed by atoms with van der Waals surface area (Å²) >= 11 is 0. The SMILES string of the molecule is CCOC(=O)c1ccc(OCc2cc(C)nn2C)cc1. The van der Waals surface area contributed by atoms with E-state index >= 15 is 0 Å². The summed E-state index contributed by atoms with van der Waals surface area (Å²) in [6.45, 7) is 4.54. The molecule has 106 valence electrons. The Bertz CT molecular complexity index is 588. The number of ether oxygens (including phenoxy) is 2. The minimum Gasteiger partial charge on any atom is -0.487 e. The van der Waals surface area contributed by atoms with E-state index in [2.05, 4.69) is 5.10 Å². The van der Waals surface area contributed by atoms with E-state index < -0.39 is 0 Å². The first kappa shape index (κ1) is 14.1. The lowest BCUT2D eigenvalue weighted by atomic mass is 10.2. The first-order chi connectivity index (χ1) is 9.60. The highest BCUT2D eigenvalue weighted by Crippen LogP contribution is 2.15. The van der Waals surface area contributed by atoms with E-state index in [9.17, 15) is 4.79 Å². The third-order valence-electron chi connectivity index (χ3n) is 2.85. The minimum absolute atomic E-state index is 0.318. The molecule has 2 aromatic rings. The van der Waals surface area contributed by atoms with Crippen LogP contribution in [0, 0.1) is 6.92 Å². The highest BCUT2D eigenvalue weighted by Gasteiger charge is 2.07. The Hall–Kier alpha value is -2.30. The molecule has 0 amide bonds. The first-order valence-electron chi connectivity index (χ1n) is 6.49. The van der Waals surface area contributed by atoms with Crippen molar-refractivity contribution in [2.45, 2.75) is 20.5 Å². The number of nitrogens with zero attached hydrogens (tertiary/aromatic N) is 2. The minimum atomic E-state index is -0.318. The largest absolute Gasteiger partial charge is 0.487 e. The van der Waals surface area contributed by atoms with Crippen molar-refractivity contribution >= 4 is 5.97 Å². The molecule has 1 aromatic carbocycles. The molecule has 0 atom stereocenters. The van der Waals surface area contributed by atoms with Gasteiger partial charge in [-0.2, -0.15) is 5.10 Å². The van der Waals surface area contributed by atoms with Gasteiger partial charge in [0, 0.05) is 7.05 Å². The maximum absolute atomic E-state index is 11.5. The number of hydrogen-bond acceptors (Lipinski definition) is 4. The average molecular weight is 274 g/mol. The number of carbonyl (C=O) groups is 1. The standard InChI is InChI=1S/C15H18N2O3/c1-4-19-15(18)12-5-7-14(8-6-12)20-10-13-9-11(2)16-17(13)3/h5-9H,4,10H2,1-3H3. The molecule has 0 bridgehead atoms. The van der Waals surface area contributed by atoms with Crippen molar-refractivity contribution < 1.29 is 14.3 Å². The molecule has 0 saturated carbocycles. The van der Waals surface area contributed by atoms with Crippen molar-refractivity contribution in [2.24, 2.45) is 7.05 Å². The van der Waals surface area contributed by atoms with Gasteiger partial charge in [0.25, 0.3) is 0 Å². The second kappa shape index (κ2) is 6.23. The predicted octanol–water partition coefficient (Wildman–Crippen LogP) is 2.48. The zero-order valence-electron chi connectivity index (χ0n) is 11.9. The molecule has 0 saturated heterocycles. The number of esters is 1. The molecule has 5 nitrogen and oxygen atoms in total. The van der Waals surface area contributed by atoms with Gasteiger partial charge in [-0.3, -0.25) is 4.68 Å². The average Bonchev–Trinajstić information content (AvgIpc) is 2.75. The lowest BCUT2D eigenvalue weighted by Crippen LogP contribution is -2.05. The summed E-state index contributed by atoms with van der Waals surface area (Å²) in [5.41, 5.74) is 2.48. The van der Waals surface area contributed by atoms with E-state index in [1.165, 1.54) is 0 Å². The second-order valence-electron chi connectivity index (χ2n) is 4.43. The van der Waals surface area contributed by atoms with Gasteiger partial charge in [-0.15, -0.1) is 0 Å². The lowest BCUT2D eigenvalue weighted by Gasteiger charge is -2.07. The molecule has 0 aliphatic heterocycles. The van der Waals surface area contributed by atoms with Crippen LogP contribution in [0.4, 0.5) is 0 Å². The molecule has 2 rings (SSSR count). The van der Waals surface area contributed by atoms with Crippen LogP contribution in [0.15, 0.2) is 30.3 Å². The molecular weight excluding hydrogens is 256 g/mol. The molecular formula is C15H18N2O3. The normalized spacial score (nSPS) is 10.3. The van der Waals surface area contributed by atoms with Crippen molar-refractivity contribution in [2.75, 3.05) is 6.61 Å². The van der Waals surface area contributed by atoms with Crippen LogP contribution in [0.3, 0.4) is 0 Å². The molecule has 1 aromatic heterocycles. The monoisotopic (exact) mass is 274 g/mol. The Balaban J connectivity index is 1.97. The van der Waals surface area contributed by atoms with Gasteiger partial charge in [-0.25, -0.2) is 4.79 Å². The summed E-state index contributed by atoms with van der Waals surface area (Å²) in [5, 5.41) is 4.26. The van der Waals surface area contributed by atoms with E-state index in [1.54, 1.807) is 35.9 Å². The van der Waals surface area contributed by atoms with Gasteiger partial charge in [0.2, 0.25) is 0 Å². The Morgan fingerprint density at radius 2 is 2.00 bits per heavy atom. The van der Waals surface area contributed by atoms with Crippen molar-refractivity contribution in [1.29, 1.82) is 0 Å². The van der Waals surface area contributed by atoms with Gasteiger partial charge in [-0.1, -0.05) is 0 Å². The molecule has 0 aliphatic carbocycles. The zero-order valence-corrected chi connectivity index (χ0v) is 11.9. The summed E-state index contributed by atoms with van der Waals surface area (Å²) in [6.07, 6.45) is 0. The van der Waals surface area contributed by atoms with Gasteiger partial charge in [-0.05, 0) is 44.2 Å². The zero-order chi connectivity index (χ0) is 14.5. The van der Waals surface area contributed by atoms with Gasteiger partial charge in [0.05, 0.1) is 23.6 Å². The van der Waals surface area contributed by atoms with Crippen LogP contribution >= 0.6 is 0 Å². The van der Waals surface area contributed by atoms with Gasteiger partial charge in [0.15, 0.2) is 0 Å². The fraction of sp³-hybridized carbons (Fsp3) is 0.333. The van der Waals surface area contributed by atoms with E-state index in [4.69, 9.17) is 9.47 Å². The van der Waals surface area contributed by atoms with E-state index in [1.807, 2.05) is 20.0 Å². The Kier molecular flexibility index (Phi) is 4.40. The molecule has 0 aliphatic rings. The molecule has 0 spiro atoms. The summed E-state index contributed by atoms with van der Waals surface area (Å²) in [4.78, 5) is 11.5. The molecule has 1 heterocycles. The molecule has 0 N–H and O–H groups in total. The van der Waals surface area contributed by atoms with Crippen molar-refractivity contribution in [1.82, 2.24) is 9.78 Å². The number of carbonyl (C=O) groups excluding carboxylic acids is 1. The van der Waals surface area contributed by atoms with E-state index in [0.29, 0.717) is 24.5 Å². The van der Waals surface area contributed by atoms with Crippen LogP contribution in [-0.4, -0.2) is 22.4 Å². The Morgan fingerprint density at radius 1 is 1.30 bits per heavy atom. The van der Waals surface area contributed by atoms with Crippen LogP contribution in [0.25, 0.3) is 0 Å². The topological polar surface area (TPSA) is 53.4 Å².